The summed E-state index contributed by atoms with van der Waals surface area (Å²) >= 11 is 0. The lowest BCUT2D eigenvalue weighted by Gasteiger charge is -2.05. The SMILES string of the molecule is FC(F)(F)Cc1cnc(-c2ccn[nH]2)nc1. The highest BCUT2D eigenvalue weighted by Crippen LogP contribution is 2.20. The second-order valence-electron chi connectivity index (χ2n) is 3.18. The molecule has 2 rings (SSSR count). The summed E-state index contributed by atoms with van der Waals surface area (Å²) in [5, 5.41) is 6.32. The number of nitrogens with one attached hydrogen (secondary N) is 1. The van der Waals surface area contributed by atoms with E-state index in [4.69, 9.17) is 0 Å². The number of aromatic amines is 1. The van der Waals surface area contributed by atoms with Crippen LogP contribution in [0.15, 0.2) is 24.7 Å². The molecular weight excluding hydrogens is 221 g/mol. The van der Waals surface area contributed by atoms with E-state index in [1.807, 2.05) is 0 Å². The predicted octanol–water partition coefficient (Wildman–Crippen LogP) is 1.97. The topological polar surface area (TPSA) is 54.5 Å². The Balaban J connectivity index is 2.17. The van der Waals surface area contributed by atoms with Crippen molar-refractivity contribution in [3.63, 3.8) is 0 Å². The van der Waals surface area contributed by atoms with Gasteiger partial charge in [-0.2, -0.15) is 18.3 Å². The van der Waals surface area contributed by atoms with Crippen LogP contribution in [0.3, 0.4) is 0 Å². The maximum atomic E-state index is 12.0. The zero-order valence-electron chi connectivity index (χ0n) is 7.99. The van der Waals surface area contributed by atoms with Crippen molar-refractivity contribution in [1.29, 1.82) is 0 Å². The van der Waals surface area contributed by atoms with Crippen molar-refractivity contribution >= 4 is 0 Å². The van der Waals surface area contributed by atoms with Gasteiger partial charge in [0.05, 0.1) is 6.42 Å². The fraction of sp³-hybridized carbons (Fsp3) is 0.222. The summed E-state index contributed by atoms with van der Waals surface area (Å²) in [5.74, 6) is 0.323. The van der Waals surface area contributed by atoms with E-state index >= 15 is 0 Å². The first kappa shape index (κ1) is 10.6. The summed E-state index contributed by atoms with van der Waals surface area (Å²) in [4.78, 5) is 7.65. The highest BCUT2D eigenvalue weighted by atomic mass is 19.4. The van der Waals surface area contributed by atoms with Crippen molar-refractivity contribution in [2.45, 2.75) is 12.6 Å². The molecule has 84 valence electrons. The number of hydrogen-bond donors (Lipinski definition) is 1. The molecule has 0 amide bonds. The van der Waals surface area contributed by atoms with Crippen LogP contribution in [-0.4, -0.2) is 26.3 Å². The number of rotatable bonds is 2. The lowest BCUT2D eigenvalue weighted by molar-refractivity contribution is -0.127. The van der Waals surface area contributed by atoms with E-state index in [-0.39, 0.29) is 5.56 Å². The standard InChI is InChI=1S/C9H7F3N4/c10-9(11,12)3-6-4-13-8(14-5-6)7-1-2-15-16-7/h1-2,4-5H,3H2,(H,15,16). The Morgan fingerprint density at radius 1 is 1.19 bits per heavy atom. The van der Waals surface area contributed by atoms with Crippen LogP contribution in [0.25, 0.3) is 11.5 Å². The van der Waals surface area contributed by atoms with Crippen molar-refractivity contribution in [3.8, 4) is 11.5 Å². The molecule has 0 radical (unpaired) electrons. The summed E-state index contributed by atoms with van der Waals surface area (Å²) in [7, 11) is 0. The first-order valence-electron chi connectivity index (χ1n) is 4.42. The molecule has 2 aromatic rings. The molecule has 0 saturated heterocycles. The Hall–Kier alpha value is -1.92. The maximum Gasteiger partial charge on any atom is 0.393 e. The van der Waals surface area contributed by atoms with Gasteiger partial charge in [0.1, 0.15) is 5.69 Å². The Labute approximate surface area is 88.6 Å². The van der Waals surface area contributed by atoms with Gasteiger partial charge in [-0.15, -0.1) is 0 Å². The van der Waals surface area contributed by atoms with Gasteiger partial charge in [0, 0.05) is 18.6 Å². The molecule has 0 aliphatic heterocycles. The van der Waals surface area contributed by atoms with E-state index < -0.39 is 12.6 Å². The van der Waals surface area contributed by atoms with Crippen LogP contribution in [0.5, 0.6) is 0 Å². The van der Waals surface area contributed by atoms with E-state index in [1.54, 1.807) is 6.07 Å². The smallest absolute Gasteiger partial charge is 0.275 e. The summed E-state index contributed by atoms with van der Waals surface area (Å²) in [6.45, 7) is 0. The molecule has 0 aliphatic carbocycles. The lowest BCUT2D eigenvalue weighted by Crippen LogP contribution is -2.12. The van der Waals surface area contributed by atoms with Gasteiger partial charge in [-0.1, -0.05) is 0 Å². The summed E-state index contributed by atoms with van der Waals surface area (Å²) in [6.07, 6.45) is -1.41. The van der Waals surface area contributed by atoms with E-state index in [9.17, 15) is 13.2 Å². The number of halogens is 3. The molecule has 2 aromatic heterocycles. The van der Waals surface area contributed by atoms with E-state index in [0.29, 0.717) is 11.5 Å². The van der Waals surface area contributed by atoms with Crippen molar-refractivity contribution < 1.29 is 13.2 Å². The molecule has 0 atom stereocenters. The second-order valence-corrected chi connectivity index (χ2v) is 3.18. The molecule has 7 heteroatoms. The van der Waals surface area contributed by atoms with Crippen LogP contribution >= 0.6 is 0 Å². The molecule has 0 spiro atoms. The third-order valence-corrected chi connectivity index (χ3v) is 1.85. The Bertz CT molecular complexity index is 447. The molecule has 2 heterocycles. The third kappa shape index (κ3) is 2.56. The molecule has 0 saturated carbocycles. The number of alkyl halides is 3. The number of aromatic nitrogens is 4. The van der Waals surface area contributed by atoms with E-state index in [0.717, 1.165) is 12.4 Å². The highest BCUT2D eigenvalue weighted by Gasteiger charge is 2.27. The third-order valence-electron chi connectivity index (χ3n) is 1.85. The van der Waals surface area contributed by atoms with Gasteiger partial charge in [-0.3, -0.25) is 5.10 Å². The van der Waals surface area contributed by atoms with Gasteiger partial charge >= 0.3 is 6.18 Å². The average molecular weight is 228 g/mol. The lowest BCUT2D eigenvalue weighted by atomic mass is 10.2. The normalized spacial score (nSPS) is 11.7. The molecular formula is C9H7F3N4. The molecule has 4 nitrogen and oxygen atoms in total. The minimum Gasteiger partial charge on any atom is -0.275 e. The zero-order chi connectivity index (χ0) is 11.6. The quantitative estimate of drug-likeness (QED) is 0.854. The van der Waals surface area contributed by atoms with Crippen LogP contribution in [0.4, 0.5) is 13.2 Å². The first-order chi connectivity index (χ1) is 7.54. The fourth-order valence-electron chi connectivity index (χ4n) is 1.20. The van der Waals surface area contributed by atoms with Crippen molar-refractivity contribution in [1.82, 2.24) is 20.2 Å². The number of hydrogen-bond acceptors (Lipinski definition) is 3. The minimum atomic E-state index is -4.24. The van der Waals surface area contributed by atoms with Crippen LogP contribution in [-0.2, 0) is 6.42 Å². The maximum absolute atomic E-state index is 12.0. The Kier molecular flexibility index (Phi) is 2.59. The first-order valence-corrected chi connectivity index (χ1v) is 4.42. The Morgan fingerprint density at radius 2 is 1.88 bits per heavy atom. The number of nitrogens with zero attached hydrogens (tertiary/aromatic N) is 3. The van der Waals surface area contributed by atoms with Crippen molar-refractivity contribution in [2.75, 3.05) is 0 Å². The largest absolute Gasteiger partial charge is 0.393 e. The summed E-state index contributed by atoms with van der Waals surface area (Å²) < 4.78 is 36.1. The van der Waals surface area contributed by atoms with Gasteiger partial charge in [0.15, 0.2) is 5.82 Å². The van der Waals surface area contributed by atoms with Gasteiger partial charge in [0.2, 0.25) is 0 Å². The van der Waals surface area contributed by atoms with Crippen LogP contribution < -0.4 is 0 Å². The van der Waals surface area contributed by atoms with Crippen molar-refractivity contribution in [2.24, 2.45) is 0 Å². The van der Waals surface area contributed by atoms with Gasteiger partial charge in [0.25, 0.3) is 0 Å². The summed E-state index contributed by atoms with van der Waals surface area (Å²) in [6, 6.07) is 1.64. The molecule has 0 aromatic carbocycles. The van der Waals surface area contributed by atoms with Gasteiger partial charge in [-0.25, -0.2) is 9.97 Å². The molecule has 0 unspecified atom stereocenters. The van der Waals surface area contributed by atoms with Gasteiger partial charge < -0.3 is 0 Å². The zero-order valence-corrected chi connectivity index (χ0v) is 7.99. The molecule has 0 fully saturated rings. The minimum absolute atomic E-state index is 0.0377. The molecule has 0 bridgehead atoms. The molecule has 0 aliphatic rings. The number of H-pyrrole nitrogens is 1. The fourth-order valence-corrected chi connectivity index (χ4v) is 1.20. The van der Waals surface area contributed by atoms with Crippen LogP contribution in [0.1, 0.15) is 5.56 Å². The summed E-state index contributed by atoms with van der Waals surface area (Å²) in [5.41, 5.74) is 0.606. The molecule has 16 heavy (non-hydrogen) atoms. The second kappa shape index (κ2) is 3.92. The van der Waals surface area contributed by atoms with Crippen LogP contribution in [0, 0.1) is 0 Å². The van der Waals surface area contributed by atoms with Crippen LogP contribution in [0.2, 0.25) is 0 Å². The Morgan fingerprint density at radius 3 is 2.38 bits per heavy atom. The average Bonchev–Trinajstić information content (AvgIpc) is 2.69. The van der Waals surface area contributed by atoms with E-state index in [1.165, 1.54) is 6.20 Å². The van der Waals surface area contributed by atoms with E-state index in [2.05, 4.69) is 20.2 Å². The highest BCUT2D eigenvalue weighted by molar-refractivity contribution is 5.47. The monoisotopic (exact) mass is 228 g/mol. The van der Waals surface area contributed by atoms with Gasteiger partial charge in [-0.05, 0) is 11.6 Å². The molecule has 1 N–H and O–H groups in total. The van der Waals surface area contributed by atoms with Crippen molar-refractivity contribution in [3.05, 3.63) is 30.2 Å². The predicted molar refractivity (Wildman–Crippen MR) is 49.4 cm³/mol.